The van der Waals surface area contributed by atoms with Crippen molar-refractivity contribution in [2.24, 2.45) is 12.5 Å². The lowest BCUT2D eigenvalue weighted by molar-refractivity contribution is 0.0943. The number of nitrogens with one attached hydrogen (secondary N) is 1. The first-order valence-corrected chi connectivity index (χ1v) is 6.53. The van der Waals surface area contributed by atoms with Crippen LogP contribution in [0.4, 0.5) is 5.82 Å². The highest BCUT2D eigenvalue weighted by atomic mass is 16.3. The lowest BCUT2D eigenvalue weighted by Gasteiger charge is -2.35. The summed E-state index contributed by atoms with van der Waals surface area (Å²) in [5.74, 6) is 0.374. The molecule has 0 aliphatic heterocycles. The van der Waals surface area contributed by atoms with Crippen LogP contribution < -0.4 is 10.9 Å². The molecule has 100 valence electrons. The van der Waals surface area contributed by atoms with Gasteiger partial charge in [-0.1, -0.05) is 19.3 Å². The van der Waals surface area contributed by atoms with E-state index in [2.05, 4.69) is 10.3 Å². The summed E-state index contributed by atoms with van der Waals surface area (Å²) in [6.45, 7) is 0.795. The van der Waals surface area contributed by atoms with E-state index >= 15 is 0 Å². The minimum atomic E-state index is -0.124. The third-order valence-corrected chi connectivity index (χ3v) is 3.90. The molecule has 0 radical (unpaired) electrons. The SMILES string of the molecule is Cn1ccnc(NCC2(CO)CCCCC2)c1=O. The number of aliphatic hydroxyl groups is 1. The van der Waals surface area contributed by atoms with Gasteiger partial charge < -0.3 is 15.0 Å². The second-order valence-electron chi connectivity index (χ2n) is 5.26. The van der Waals surface area contributed by atoms with E-state index in [1.807, 2.05) is 0 Å². The summed E-state index contributed by atoms with van der Waals surface area (Å²) < 4.78 is 1.50. The van der Waals surface area contributed by atoms with Crippen LogP contribution in [0.15, 0.2) is 17.2 Å². The van der Waals surface area contributed by atoms with Gasteiger partial charge in [0.1, 0.15) is 0 Å². The van der Waals surface area contributed by atoms with Crippen LogP contribution in [0.5, 0.6) is 0 Å². The van der Waals surface area contributed by atoms with Gasteiger partial charge in [-0.05, 0) is 12.8 Å². The molecule has 1 aliphatic rings. The van der Waals surface area contributed by atoms with Crippen molar-refractivity contribution in [3.05, 3.63) is 22.7 Å². The molecule has 0 unspecified atom stereocenters. The summed E-state index contributed by atoms with van der Waals surface area (Å²) in [7, 11) is 1.71. The first-order chi connectivity index (χ1) is 8.67. The summed E-state index contributed by atoms with van der Waals surface area (Å²) in [6, 6.07) is 0. The smallest absolute Gasteiger partial charge is 0.293 e. The van der Waals surface area contributed by atoms with Gasteiger partial charge in [0.25, 0.3) is 5.56 Å². The molecule has 2 N–H and O–H groups in total. The van der Waals surface area contributed by atoms with Gasteiger partial charge >= 0.3 is 0 Å². The molecule has 18 heavy (non-hydrogen) atoms. The van der Waals surface area contributed by atoms with Crippen molar-refractivity contribution in [2.75, 3.05) is 18.5 Å². The van der Waals surface area contributed by atoms with Crippen molar-refractivity contribution in [3.63, 3.8) is 0 Å². The number of hydrogen-bond donors (Lipinski definition) is 2. The normalized spacial score (nSPS) is 18.6. The fourth-order valence-corrected chi connectivity index (χ4v) is 2.58. The molecule has 0 aromatic carbocycles. The first kappa shape index (κ1) is 13.1. The zero-order valence-corrected chi connectivity index (χ0v) is 10.9. The summed E-state index contributed by atoms with van der Waals surface area (Å²) >= 11 is 0. The molecule has 1 saturated carbocycles. The molecule has 0 saturated heterocycles. The highest BCUT2D eigenvalue weighted by Gasteiger charge is 2.31. The van der Waals surface area contributed by atoms with Crippen molar-refractivity contribution >= 4 is 5.82 Å². The third kappa shape index (κ3) is 2.72. The highest BCUT2D eigenvalue weighted by Crippen LogP contribution is 2.35. The lowest BCUT2D eigenvalue weighted by Crippen LogP contribution is -2.37. The Morgan fingerprint density at radius 2 is 2.17 bits per heavy atom. The van der Waals surface area contributed by atoms with Crippen LogP contribution in [-0.4, -0.2) is 27.8 Å². The predicted molar refractivity (Wildman–Crippen MR) is 70.6 cm³/mol. The van der Waals surface area contributed by atoms with Crippen molar-refractivity contribution in [1.82, 2.24) is 9.55 Å². The molecular formula is C13H21N3O2. The van der Waals surface area contributed by atoms with E-state index in [1.165, 1.54) is 11.0 Å². The minimum absolute atomic E-state index is 0.0826. The molecule has 2 rings (SSSR count). The molecule has 5 nitrogen and oxygen atoms in total. The minimum Gasteiger partial charge on any atom is -0.396 e. The molecule has 1 aromatic heterocycles. The molecule has 0 atom stereocenters. The number of rotatable bonds is 4. The highest BCUT2D eigenvalue weighted by molar-refractivity contribution is 5.31. The zero-order chi connectivity index (χ0) is 13.0. The molecule has 0 bridgehead atoms. The van der Waals surface area contributed by atoms with E-state index in [0.717, 1.165) is 25.7 Å². The molecular weight excluding hydrogens is 230 g/mol. The van der Waals surface area contributed by atoms with Crippen molar-refractivity contribution in [2.45, 2.75) is 32.1 Å². The molecule has 0 amide bonds. The Morgan fingerprint density at radius 1 is 1.44 bits per heavy atom. The van der Waals surface area contributed by atoms with Crippen LogP contribution >= 0.6 is 0 Å². The van der Waals surface area contributed by atoms with Crippen LogP contribution in [0.25, 0.3) is 0 Å². The van der Waals surface area contributed by atoms with Crippen LogP contribution in [0, 0.1) is 5.41 Å². The Bertz CT molecular complexity index is 450. The first-order valence-electron chi connectivity index (χ1n) is 6.53. The third-order valence-electron chi connectivity index (χ3n) is 3.90. The van der Waals surface area contributed by atoms with E-state index in [0.29, 0.717) is 12.4 Å². The van der Waals surface area contributed by atoms with Gasteiger partial charge in [0.15, 0.2) is 5.82 Å². The molecule has 1 fully saturated rings. The second kappa shape index (κ2) is 5.52. The summed E-state index contributed by atoms with van der Waals surface area (Å²) in [6.07, 6.45) is 8.83. The number of hydrogen-bond acceptors (Lipinski definition) is 4. The van der Waals surface area contributed by atoms with Gasteiger partial charge in [0.05, 0.1) is 6.61 Å². The van der Waals surface area contributed by atoms with Gasteiger partial charge in [-0.15, -0.1) is 0 Å². The van der Waals surface area contributed by atoms with Gasteiger partial charge in [-0.3, -0.25) is 4.79 Å². The Balaban J connectivity index is 2.05. The van der Waals surface area contributed by atoms with Crippen LogP contribution in [0.1, 0.15) is 32.1 Å². The number of aryl methyl sites for hydroxylation is 1. The average Bonchev–Trinajstić information content (AvgIpc) is 2.41. The number of anilines is 1. The van der Waals surface area contributed by atoms with Gasteiger partial charge in [0.2, 0.25) is 0 Å². The molecule has 0 spiro atoms. The monoisotopic (exact) mass is 251 g/mol. The van der Waals surface area contributed by atoms with Crippen molar-refractivity contribution < 1.29 is 5.11 Å². The second-order valence-corrected chi connectivity index (χ2v) is 5.26. The maximum Gasteiger partial charge on any atom is 0.293 e. The van der Waals surface area contributed by atoms with Crippen LogP contribution in [0.2, 0.25) is 0 Å². The Morgan fingerprint density at radius 3 is 2.83 bits per heavy atom. The van der Waals surface area contributed by atoms with E-state index in [-0.39, 0.29) is 17.6 Å². The molecule has 5 heteroatoms. The lowest BCUT2D eigenvalue weighted by atomic mass is 9.74. The maximum absolute atomic E-state index is 11.8. The van der Waals surface area contributed by atoms with Gasteiger partial charge in [-0.2, -0.15) is 0 Å². The standard InChI is InChI=1S/C13H21N3O2/c1-16-8-7-14-11(12(16)18)15-9-13(10-17)5-3-2-4-6-13/h7-8,17H,2-6,9-10H2,1H3,(H,14,15). The molecule has 1 aromatic rings. The summed E-state index contributed by atoms with van der Waals surface area (Å²) in [4.78, 5) is 15.9. The number of aromatic nitrogens is 2. The van der Waals surface area contributed by atoms with E-state index in [4.69, 9.17) is 0 Å². The van der Waals surface area contributed by atoms with E-state index in [1.54, 1.807) is 19.4 Å². The quantitative estimate of drug-likeness (QED) is 0.842. The number of nitrogens with zero attached hydrogens (tertiary/aromatic N) is 2. The Hall–Kier alpha value is -1.36. The fraction of sp³-hybridized carbons (Fsp3) is 0.692. The largest absolute Gasteiger partial charge is 0.396 e. The van der Waals surface area contributed by atoms with E-state index < -0.39 is 0 Å². The van der Waals surface area contributed by atoms with Crippen molar-refractivity contribution in [3.8, 4) is 0 Å². The van der Waals surface area contributed by atoms with Gasteiger partial charge in [0, 0.05) is 31.4 Å². The average molecular weight is 251 g/mol. The number of aliphatic hydroxyl groups excluding tert-OH is 1. The molecule has 1 aliphatic carbocycles. The van der Waals surface area contributed by atoms with E-state index in [9.17, 15) is 9.90 Å². The fourth-order valence-electron chi connectivity index (χ4n) is 2.58. The Labute approximate surface area is 107 Å². The topological polar surface area (TPSA) is 67.2 Å². The van der Waals surface area contributed by atoms with Crippen LogP contribution in [0.3, 0.4) is 0 Å². The summed E-state index contributed by atoms with van der Waals surface area (Å²) in [5, 5.41) is 12.7. The molecule has 1 heterocycles. The maximum atomic E-state index is 11.8. The summed E-state index contributed by atoms with van der Waals surface area (Å²) in [5.41, 5.74) is -0.206. The zero-order valence-electron chi connectivity index (χ0n) is 10.9. The van der Waals surface area contributed by atoms with Crippen molar-refractivity contribution in [1.29, 1.82) is 0 Å². The van der Waals surface area contributed by atoms with Gasteiger partial charge in [-0.25, -0.2) is 4.98 Å². The van der Waals surface area contributed by atoms with Crippen LogP contribution in [-0.2, 0) is 7.05 Å². The predicted octanol–water partition coefficient (Wildman–Crippen LogP) is 1.14. The Kier molecular flexibility index (Phi) is 4.01.